The van der Waals surface area contributed by atoms with Crippen molar-refractivity contribution in [3.63, 3.8) is 0 Å². The zero-order chi connectivity index (χ0) is 39.0. The van der Waals surface area contributed by atoms with E-state index in [1.165, 1.54) is 141 Å². The van der Waals surface area contributed by atoms with Crippen molar-refractivity contribution in [3.05, 3.63) is 0 Å². The predicted octanol–water partition coefficient (Wildman–Crippen LogP) is 14.6. The Morgan fingerprint density at radius 1 is 0.396 bits per heavy atom. The zero-order valence-corrected chi connectivity index (χ0v) is 36.1. The van der Waals surface area contributed by atoms with Gasteiger partial charge in [-0.25, -0.2) is 0 Å². The number of ether oxygens (including phenoxy) is 3. The molecule has 0 aromatic rings. The summed E-state index contributed by atoms with van der Waals surface area (Å²) >= 11 is 0. The van der Waals surface area contributed by atoms with Gasteiger partial charge in [-0.2, -0.15) is 0 Å². The van der Waals surface area contributed by atoms with Crippen molar-refractivity contribution >= 4 is 17.9 Å². The summed E-state index contributed by atoms with van der Waals surface area (Å²) in [5, 5.41) is 0. The van der Waals surface area contributed by atoms with Gasteiger partial charge in [0.1, 0.15) is 13.2 Å². The third kappa shape index (κ3) is 39.9. The van der Waals surface area contributed by atoms with E-state index in [9.17, 15) is 14.4 Å². The number of carbonyl (C=O) groups is 3. The Bertz CT molecular complexity index is 811. The van der Waals surface area contributed by atoms with E-state index in [2.05, 4.69) is 34.6 Å². The summed E-state index contributed by atoms with van der Waals surface area (Å²) in [5.41, 5.74) is 0. The first-order chi connectivity index (χ1) is 25.8. The molecule has 0 fully saturated rings. The van der Waals surface area contributed by atoms with Crippen LogP contribution in [0.3, 0.4) is 0 Å². The third-order valence-electron chi connectivity index (χ3n) is 10.8. The van der Waals surface area contributed by atoms with Crippen molar-refractivity contribution in [2.45, 2.75) is 259 Å². The molecule has 6 nitrogen and oxygen atoms in total. The van der Waals surface area contributed by atoms with Crippen LogP contribution in [0.2, 0.25) is 0 Å². The largest absolute Gasteiger partial charge is 0.462 e. The van der Waals surface area contributed by atoms with Crippen LogP contribution in [0, 0.1) is 11.8 Å². The first kappa shape index (κ1) is 51.4. The van der Waals surface area contributed by atoms with Gasteiger partial charge < -0.3 is 14.2 Å². The van der Waals surface area contributed by atoms with Crippen LogP contribution < -0.4 is 0 Å². The number of hydrogen-bond donors (Lipinski definition) is 0. The second-order valence-corrected chi connectivity index (χ2v) is 16.8. The fraction of sp³-hybridized carbons (Fsp3) is 0.936. The number of hydrogen-bond acceptors (Lipinski definition) is 6. The second kappa shape index (κ2) is 40.1. The van der Waals surface area contributed by atoms with Gasteiger partial charge in [0.15, 0.2) is 6.10 Å². The third-order valence-corrected chi connectivity index (χ3v) is 10.8. The fourth-order valence-corrected chi connectivity index (χ4v) is 6.90. The Kier molecular flexibility index (Phi) is 38.9. The van der Waals surface area contributed by atoms with E-state index in [1.807, 2.05) is 0 Å². The molecule has 53 heavy (non-hydrogen) atoms. The Morgan fingerprint density at radius 2 is 0.717 bits per heavy atom. The van der Waals surface area contributed by atoms with Crippen LogP contribution in [-0.2, 0) is 28.6 Å². The average Bonchev–Trinajstić information content (AvgIpc) is 3.14. The maximum atomic E-state index is 12.7. The summed E-state index contributed by atoms with van der Waals surface area (Å²) in [6, 6.07) is 0. The summed E-state index contributed by atoms with van der Waals surface area (Å²) in [6.07, 6.45) is 38.1. The molecule has 0 aromatic heterocycles. The molecule has 0 bridgehead atoms. The van der Waals surface area contributed by atoms with E-state index >= 15 is 0 Å². The maximum absolute atomic E-state index is 12.7. The lowest BCUT2D eigenvalue weighted by atomic mass is 9.99. The van der Waals surface area contributed by atoms with Gasteiger partial charge in [-0.05, 0) is 31.1 Å². The van der Waals surface area contributed by atoms with Gasteiger partial charge in [-0.1, -0.05) is 214 Å². The van der Waals surface area contributed by atoms with Crippen LogP contribution >= 0.6 is 0 Å². The van der Waals surface area contributed by atoms with E-state index in [1.54, 1.807) is 0 Å². The first-order valence-electron chi connectivity index (χ1n) is 23.3. The topological polar surface area (TPSA) is 78.9 Å². The van der Waals surface area contributed by atoms with E-state index < -0.39 is 6.10 Å². The molecule has 2 atom stereocenters. The average molecular weight is 751 g/mol. The van der Waals surface area contributed by atoms with Gasteiger partial charge in [0.2, 0.25) is 0 Å². The van der Waals surface area contributed by atoms with Gasteiger partial charge >= 0.3 is 17.9 Å². The summed E-state index contributed by atoms with van der Waals surface area (Å²) in [4.78, 5) is 37.6. The lowest BCUT2D eigenvalue weighted by Gasteiger charge is -2.18. The van der Waals surface area contributed by atoms with E-state index in [0.717, 1.165) is 69.6 Å². The van der Waals surface area contributed by atoms with Crippen LogP contribution in [0.15, 0.2) is 0 Å². The van der Waals surface area contributed by atoms with Crippen LogP contribution in [-0.4, -0.2) is 37.2 Å². The number of carbonyl (C=O) groups excluding carboxylic acids is 3. The minimum absolute atomic E-state index is 0.0654. The van der Waals surface area contributed by atoms with Crippen LogP contribution in [0.1, 0.15) is 253 Å². The predicted molar refractivity (Wildman–Crippen MR) is 224 cm³/mol. The summed E-state index contributed by atoms with van der Waals surface area (Å²) in [7, 11) is 0. The molecule has 0 aliphatic carbocycles. The minimum atomic E-state index is -0.759. The molecule has 1 unspecified atom stereocenters. The van der Waals surface area contributed by atoms with Gasteiger partial charge in [-0.15, -0.1) is 0 Å². The molecule has 0 aliphatic rings. The molecule has 0 rings (SSSR count). The molecule has 0 spiro atoms. The maximum Gasteiger partial charge on any atom is 0.306 e. The van der Waals surface area contributed by atoms with Gasteiger partial charge in [0.25, 0.3) is 0 Å². The number of esters is 3. The molecular weight excluding hydrogens is 661 g/mol. The monoisotopic (exact) mass is 751 g/mol. The molecule has 0 aromatic carbocycles. The van der Waals surface area contributed by atoms with Crippen molar-refractivity contribution in [2.75, 3.05) is 13.2 Å². The lowest BCUT2D eigenvalue weighted by Crippen LogP contribution is -2.30. The van der Waals surface area contributed by atoms with Crippen molar-refractivity contribution < 1.29 is 28.6 Å². The first-order valence-corrected chi connectivity index (χ1v) is 23.3. The molecule has 314 valence electrons. The fourth-order valence-electron chi connectivity index (χ4n) is 6.90. The molecule has 0 radical (unpaired) electrons. The van der Waals surface area contributed by atoms with Crippen molar-refractivity contribution in [3.8, 4) is 0 Å². The number of unbranched alkanes of at least 4 members (excludes halogenated alkanes) is 25. The molecule has 0 aliphatic heterocycles. The highest BCUT2D eigenvalue weighted by molar-refractivity contribution is 5.71. The van der Waals surface area contributed by atoms with Crippen LogP contribution in [0.5, 0.6) is 0 Å². The summed E-state index contributed by atoms with van der Waals surface area (Å²) < 4.78 is 16.7. The highest BCUT2D eigenvalue weighted by Crippen LogP contribution is 2.17. The molecular formula is C47H90O6. The normalized spacial score (nSPS) is 12.6. The molecule has 0 saturated carbocycles. The van der Waals surface area contributed by atoms with Crippen molar-refractivity contribution in [2.24, 2.45) is 11.8 Å². The van der Waals surface area contributed by atoms with Crippen molar-refractivity contribution in [1.82, 2.24) is 0 Å². The minimum Gasteiger partial charge on any atom is -0.462 e. The number of rotatable bonds is 41. The Morgan fingerprint density at radius 3 is 1.08 bits per heavy atom. The Labute approximate surface area is 329 Å². The summed E-state index contributed by atoms with van der Waals surface area (Å²) in [5.74, 6) is 0.823. The molecule has 0 saturated heterocycles. The quantitative estimate of drug-likeness (QED) is 0.0352. The van der Waals surface area contributed by atoms with E-state index in [4.69, 9.17) is 14.2 Å². The van der Waals surface area contributed by atoms with Gasteiger partial charge in [0.05, 0.1) is 0 Å². The zero-order valence-electron chi connectivity index (χ0n) is 36.1. The standard InChI is InChI=1S/C47H90O6/c1-6-8-9-10-20-27-32-37-45(48)51-40-44(41-52-46(49)38-33-28-23-19-18-22-26-31-36-43(5)7-2)53-47(50)39-34-29-24-17-15-13-11-12-14-16-21-25-30-35-42(3)4/h42-44H,6-41H2,1-5H3/t43?,44-/m1/s1. The lowest BCUT2D eigenvalue weighted by molar-refractivity contribution is -0.167. The molecule has 0 heterocycles. The Balaban J connectivity index is 4.26. The van der Waals surface area contributed by atoms with Gasteiger partial charge in [0, 0.05) is 19.3 Å². The highest BCUT2D eigenvalue weighted by Gasteiger charge is 2.19. The smallest absolute Gasteiger partial charge is 0.306 e. The molecule has 0 N–H and O–H groups in total. The Hall–Kier alpha value is -1.59. The second-order valence-electron chi connectivity index (χ2n) is 16.8. The summed E-state index contributed by atoms with van der Waals surface area (Å²) in [6.45, 7) is 11.3. The van der Waals surface area contributed by atoms with E-state index in [0.29, 0.717) is 19.3 Å². The molecule has 6 heteroatoms. The van der Waals surface area contributed by atoms with Gasteiger partial charge in [-0.3, -0.25) is 14.4 Å². The SMILES string of the molecule is CCCCCCCCCC(=O)OC[C@H](COC(=O)CCCCCCCCCCC(C)CC)OC(=O)CCCCCCCCCCCCCCCC(C)C. The molecule has 0 amide bonds. The van der Waals surface area contributed by atoms with Crippen molar-refractivity contribution in [1.29, 1.82) is 0 Å². The van der Waals surface area contributed by atoms with Crippen LogP contribution in [0.25, 0.3) is 0 Å². The van der Waals surface area contributed by atoms with Crippen LogP contribution in [0.4, 0.5) is 0 Å². The van der Waals surface area contributed by atoms with E-state index in [-0.39, 0.29) is 31.1 Å². The highest BCUT2D eigenvalue weighted by atomic mass is 16.6.